The highest BCUT2D eigenvalue weighted by Gasteiger charge is 2.19. The van der Waals surface area contributed by atoms with Crippen LogP contribution in [0.5, 0.6) is 5.75 Å². The molecule has 0 amide bonds. The van der Waals surface area contributed by atoms with Crippen molar-refractivity contribution in [3.8, 4) is 5.75 Å². The van der Waals surface area contributed by atoms with Gasteiger partial charge >= 0.3 is 0 Å². The zero-order valence-electron chi connectivity index (χ0n) is 13.9. The van der Waals surface area contributed by atoms with Crippen molar-refractivity contribution in [3.63, 3.8) is 0 Å². The van der Waals surface area contributed by atoms with Crippen LogP contribution in [0.3, 0.4) is 0 Å². The van der Waals surface area contributed by atoms with Gasteiger partial charge in [-0.15, -0.1) is 0 Å². The minimum Gasteiger partial charge on any atom is -0.491 e. The van der Waals surface area contributed by atoms with Crippen molar-refractivity contribution >= 4 is 16.6 Å². The normalized spacial score (nSPS) is 16.9. The summed E-state index contributed by atoms with van der Waals surface area (Å²) in [6.45, 7) is 6.37. The minimum atomic E-state index is -0.251. The summed E-state index contributed by atoms with van der Waals surface area (Å²) in [6, 6.07) is 7.30. The van der Waals surface area contributed by atoms with Crippen molar-refractivity contribution in [2.24, 2.45) is 5.92 Å². The SMILES string of the molecule is CCN1CCC(COc2cccc3c2ncc2c(F)ccn23)CC1. The molecule has 1 aliphatic rings. The summed E-state index contributed by atoms with van der Waals surface area (Å²) in [5.41, 5.74) is 2.15. The van der Waals surface area contributed by atoms with Crippen molar-refractivity contribution in [1.29, 1.82) is 0 Å². The van der Waals surface area contributed by atoms with E-state index in [1.807, 2.05) is 22.6 Å². The van der Waals surface area contributed by atoms with Crippen LogP contribution in [0.15, 0.2) is 36.7 Å². The summed E-state index contributed by atoms with van der Waals surface area (Å²) in [4.78, 5) is 6.92. The molecule has 1 saturated heterocycles. The summed E-state index contributed by atoms with van der Waals surface area (Å²) in [6.07, 6.45) is 5.67. The molecular weight excluding hydrogens is 305 g/mol. The van der Waals surface area contributed by atoms with Gasteiger partial charge in [-0.25, -0.2) is 9.37 Å². The van der Waals surface area contributed by atoms with Crippen LogP contribution in [-0.2, 0) is 0 Å². The molecule has 0 bridgehead atoms. The van der Waals surface area contributed by atoms with Crippen LogP contribution in [0, 0.1) is 11.7 Å². The highest BCUT2D eigenvalue weighted by Crippen LogP contribution is 2.27. The second-order valence-electron chi connectivity index (χ2n) is 6.49. The molecule has 1 aromatic carbocycles. The number of aromatic nitrogens is 2. The number of piperidine rings is 1. The molecule has 0 saturated carbocycles. The maximum atomic E-state index is 13.7. The van der Waals surface area contributed by atoms with Gasteiger partial charge in [0.2, 0.25) is 0 Å². The Morgan fingerprint density at radius 1 is 1.21 bits per heavy atom. The zero-order valence-corrected chi connectivity index (χ0v) is 13.9. The fourth-order valence-electron chi connectivity index (χ4n) is 3.51. The molecular formula is C19H22FN3O. The molecule has 1 aliphatic heterocycles. The topological polar surface area (TPSA) is 29.8 Å². The third-order valence-corrected chi connectivity index (χ3v) is 5.06. The summed E-state index contributed by atoms with van der Waals surface area (Å²) in [5.74, 6) is 1.12. The lowest BCUT2D eigenvalue weighted by Gasteiger charge is -2.30. The van der Waals surface area contributed by atoms with Gasteiger partial charge in [-0.05, 0) is 56.6 Å². The number of rotatable bonds is 4. The molecule has 0 unspecified atom stereocenters. The van der Waals surface area contributed by atoms with E-state index in [1.54, 1.807) is 12.4 Å². The predicted octanol–water partition coefficient (Wildman–Crippen LogP) is 3.74. The molecule has 0 spiro atoms. The minimum absolute atomic E-state index is 0.251. The lowest BCUT2D eigenvalue weighted by atomic mass is 9.98. The number of hydrogen-bond donors (Lipinski definition) is 0. The third kappa shape index (κ3) is 2.73. The smallest absolute Gasteiger partial charge is 0.150 e. The number of benzene rings is 1. The van der Waals surface area contributed by atoms with Crippen LogP contribution in [0.1, 0.15) is 19.8 Å². The van der Waals surface area contributed by atoms with E-state index in [1.165, 1.54) is 18.9 Å². The highest BCUT2D eigenvalue weighted by atomic mass is 19.1. The molecule has 126 valence electrons. The Morgan fingerprint density at radius 3 is 2.83 bits per heavy atom. The number of para-hydroxylation sites is 1. The van der Waals surface area contributed by atoms with E-state index in [0.29, 0.717) is 11.4 Å². The Labute approximate surface area is 140 Å². The molecule has 24 heavy (non-hydrogen) atoms. The van der Waals surface area contributed by atoms with Gasteiger partial charge in [0, 0.05) is 6.20 Å². The number of likely N-dealkylation sites (tertiary alicyclic amines) is 1. The molecule has 4 rings (SSSR count). The zero-order chi connectivity index (χ0) is 16.5. The van der Waals surface area contributed by atoms with Crippen molar-refractivity contribution in [2.45, 2.75) is 19.8 Å². The van der Waals surface area contributed by atoms with Crippen LogP contribution in [-0.4, -0.2) is 40.5 Å². The fraction of sp³-hybridized carbons (Fsp3) is 0.421. The Hall–Kier alpha value is -2.14. The number of hydrogen-bond acceptors (Lipinski definition) is 3. The summed E-state index contributed by atoms with van der Waals surface area (Å²) >= 11 is 0. The average Bonchev–Trinajstić information content (AvgIpc) is 3.02. The number of ether oxygens (including phenoxy) is 1. The summed E-state index contributed by atoms with van der Waals surface area (Å²) in [7, 11) is 0. The first kappa shape index (κ1) is 15.4. The second kappa shape index (κ2) is 6.40. The molecule has 4 nitrogen and oxygen atoms in total. The van der Waals surface area contributed by atoms with Gasteiger partial charge in [0.1, 0.15) is 22.6 Å². The second-order valence-corrected chi connectivity index (χ2v) is 6.49. The molecule has 3 aromatic rings. The first-order valence-electron chi connectivity index (χ1n) is 8.65. The van der Waals surface area contributed by atoms with Crippen molar-refractivity contribution in [2.75, 3.05) is 26.2 Å². The van der Waals surface area contributed by atoms with Gasteiger partial charge in [-0.2, -0.15) is 0 Å². The van der Waals surface area contributed by atoms with Crippen LogP contribution < -0.4 is 4.74 Å². The number of fused-ring (bicyclic) bond motifs is 3. The predicted molar refractivity (Wildman–Crippen MR) is 93.0 cm³/mol. The van der Waals surface area contributed by atoms with Crippen molar-refractivity contribution in [3.05, 3.63) is 42.5 Å². The number of nitrogens with zero attached hydrogens (tertiary/aromatic N) is 3. The van der Waals surface area contributed by atoms with Crippen molar-refractivity contribution < 1.29 is 9.13 Å². The van der Waals surface area contributed by atoms with Crippen LogP contribution in [0.4, 0.5) is 4.39 Å². The molecule has 1 fully saturated rings. The first-order chi connectivity index (χ1) is 11.8. The van der Waals surface area contributed by atoms with Gasteiger partial charge in [-0.3, -0.25) is 0 Å². The van der Waals surface area contributed by atoms with Gasteiger partial charge in [0.15, 0.2) is 0 Å². The van der Waals surface area contributed by atoms with Crippen LogP contribution in [0.25, 0.3) is 16.6 Å². The van der Waals surface area contributed by atoms with E-state index in [-0.39, 0.29) is 5.82 Å². The van der Waals surface area contributed by atoms with Crippen LogP contribution >= 0.6 is 0 Å². The molecule has 5 heteroatoms. The molecule has 0 radical (unpaired) electrons. The van der Waals surface area contributed by atoms with Gasteiger partial charge in [-0.1, -0.05) is 13.0 Å². The van der Waals surface area contributed by atoms with Gasteiger partial charge in [0.05, 0.1) is 18.3 Å². The van der Waals surface area contributed by atoms with E-state index < -0.39 is 0 Å². The molecule has 0 aliphatic carbocycles. The summed E-state index contributed by atoms with van der Waals surface area (Å²) in [5, 5.41) is 0. The monoisotopic (exact) mass is 327 g/mol. The van der Waals surface area contributed by atoms with Gasteiger partial charge in [0.25, 0.3) is 0 Å². The van der Waals surface area contributed by atoms with Crippen LogP contribution in [0.2, 0.25) is 0 Å². The van der Waals surface area contributed by atoms with Gasteiger partial charge < -0.3 is 14.0 Å². The molecule has 2 aromatic heterocycles. The highest BCUT2D eigenvalue weighted by molar-refractivity contribution is 5.84. The van der Waals surface area contributed by atoms with Crippen molar-refractivity contribution in [1.82, 2.24) is 14.3 Å². The quantitative estimate of drug-likeness (QED) is 0.731. The fourth-order valence-corrected chi connectivity index (χ4v) is 3.51. The molecule has 0 N–H and O–H groups in total. The molecule has 3 heterocycles. The Kier molecular flexibility index (Phi) is 4.10. The largest absolute Gasteiger partial charge is 0.491 e. The lowest BCUT2D eigenvalue weighted by molar-refractivity contribution is 0.146. The standard InChI is InChI=1S/C19H22FN3O/c1-2-22-9-6-14(7-10-22)13-24-18-5-3-4-16-19(18)21-12-17-15(20)8-11-23(16)17/h3-5,8,11-12,14H,2,6-7,9-10,13H2,1H3. The Balaban J connectivity index is 1.55. The van der Waals surface area contributed by atoms with E-state index in [0.717, 1.165) is 43.0 Å². The Morgan fingerprint density at radius 2 is 2.04 bits per heavy atom. The third-order valence-electron chi connectivity index (χ3n) is 5.06. The summed E-state index contributed by atoms with van der Waals surface area (Å²) < 4.78 is 21.6. The van der Waals surface area contributed by atoms with E-state index in [2.05, 4.69) is 16.8 Å². The first-order valence-corrected chi connectivity index (χ1v) is 8.65. The van der Waals surface area contributed by atoms with E-state index >= 15 is 0 Å². The lowest BCUT2D eigenvalue weighted by Crippen LogP contribution is -2.35. The van der Waals surface area contributed by atoms with E-state index in [9.17, 15) is 4.39 Å². The maximum absolute atomic E-state index is 13.7. The maximum Gasteiger partial charge on any atom is 0.150 e. The average molecular weight is 327 g/mol. The number of halogens is 1. The van der Waals surface area contributed by atoms with E-state index in [4.69, 9.17) is 4.74 Å². The molecule has 0 atom stereocenters. The Bertz CT molecular complexity index is 852.